The molecule has 1 aliphatic rings. The molecule has 1 saturated heterocycles. The SMILES string of the molecule is CC/C=C/C/C=C/C/C=C/CCCCCCCC(=O)O[C@H](COC(=O)CCCCCCCCCC)CO[C@@H]1O[C@H](CO)[C@H](O)C(O)C1O. The Morgan fingerprint density at radius 3 is 1.85 bits per heavy atom. The first-order chi connectivity index (χ1) is 23.3. The summed E-state index contributed by atoms with van der Waals surface area (Å²) < 4.78 is 22.0. The Kier molecular flexibility index (Phi) is 27.3. The molecule has 1 fully saturated rings. The summed E-state index contributed by atoms with van der Waals surface area (Å²) in [6.07, 6.45) is 23.1. The standard InChI is InChI=1S/C38H66O10/c1-3-5-7-9-11-13-14-15-16-17-18-19-21-23-25-27-34(41)47-31(29-45-33(40)26-24-22-20-12-10-8-6-4-2)30-46-38-37(44)36(43)35(42)32(28-39)48-38/h5,7,11,13,15-16,31-32,35-39,42-44H,3-4,6,8-10,12,14,17-30H2,1-2H3/b7-5+,13-11+,16-15+/t31-,32-,35+,36?,37?,38-/m1/s1. The zero-order valence-electron chi connectivity index (χ0n) is 29.7. The molecule has 0 radical (unpaired) electrons. The zero-order chi connectivity index (χ0) is 35.2. The van der Waals surface area contributed by atoms with Crippen molar-refractivity contribution >= 4 is 11.9 Å². The Bertz CT molecular complexity index is 887. The van der Waals surface area contributed by atoms with Crippen LogP contribution < -0.4 is 0 Å². The molecule has 10 heteroatoms. The Labute approximate surface area is 289 Å². The Balaban J connectivity index is 2.42. The molecule has 0 aliphatic carbocycles. The van der Waals surface area contributed by atoms with E-state index in [9.17, 15) is 30.0 Å². The average molecular weight is 683 g/mol. The maximum atomic E-state index is 12.7. The normalized spacial score (nSPS) is 22.2. The van der Waals surface area contributed by atoms with E-state index in [1.807, 2.05) is 0 Å². The molecule has 278 valence electrons. The molecule has 48 heavy (non-hydrogen) atoms. The van der Waals surface area contributed by atoms with Crippen molar-refractivity contribution in [2.24, 2.45) is 0 Å². The number of hydrogen-bond donors (Lipinski definition) is 4. The van der Waals surface area contributed by atoms with Gasteiger partial charge >= 0.3 is 11.9 Å². The van der Waals surface area contributed by atoms with E-state index in [4.69, 9.17) is 18.9 Å². The van der Waals surface area contributed by atoms with Gasteiger partial charge < -0.3 is 39.4 Å². The number of carbonyl (C=O) groups is 2. The lowest BCUT2D eigenvalue weighted by atomic mass is 9.99. The minimum atomic E-state index is -1.59. The van der Waals surface area contributed by atoms with Crippen LogP contribution in [0, 0.1) is 0 Å². The lowest BCUT2D eigenvalue weighted by molar-refractivity contribution is -0.305. The molecule has 4 N–H and O–H groups in total. The lowest BCUT2D eigenvalue weighted by Gasteiger charge is -2.39. The lowest BCUT2D eigenvalue weighted by Crippen LogP contribution is -2.59. The second kappa shape index (κ2) is 29.8. The van der Waals surface area contributed by atoms with Gasteiger partial charge in [0.1, 0.15) is 31.0 Å². The molecule has 0 aromatic rings. The molecule has 2 unspecified atom stereocenters. The summed E-state index contributed by atoms with van der Waals surface area (Å²) in [4.78, 5) is 25.0. The second-order valence-electron chi connectivity index (χ2n) is 12.7. The van der Waals surface area contributed by atoms with Gasteiger partial charge in [0.25, 0.3) is 0 Å². The number of aliphatic hydroxyl groups excluding tert-OH is 4. The minimum Gasteiger partial charge on any atom is -0.462 e. The van der Waals surface area contributed by atoms with E-state index in [-0.39, 0.29) is 32.0 Å². The highest BCUT2D eigenvalue weighted by Crippen LogP contribution is 2.22. The van der Waals surface area contributed by atoms with Gasteiger partial charge in [0.15, 0.2) is 12.4 Å². The Morgan fingerprint density at radius 2 is 1.23 bits per heavy atom. The molecule has 0 aromatic heterocycles. The number of rotatable bonds is 29. The zero-order valence-corrected chi connectivity index (χ0v) is 29.7. The summed E-state index contributed by atoms with van der Waals surface area (Å²) in [5.41, 5.74) is 0. The summed E-state index contributed by atoms with van der Waals surface area (Å²) >= 11 is 0. The van der Waals surface area contributed by atoms with Crippen LogP contribution in [0.1, 0.15) is 136 Å². The topological polar surface area (TPSA) is 152 Å². The third-order valence-corrected chi connectivity index (χ3v) is 8.29. The van der Waals surface area contributed by atoms with Gasteiger partial charge in [0, 0.05) is 12.8 Å². The van der Waals surface area contributed by atoms with E-state index in [0.717, 1.165) is 77.0 Å². The number of ether oxygens (including phenoxy) is 4. The molecule has 1 rings (SSSR count). The van der Waals surface area contributed by atoms with E-state index in [1.54, 1.807) is 0 Å². The molecule has 0 aromatic carbocycles. The molecule has 0 amide bonds. The number of hydrogen-bond acceptors (Lipinski definition) is 10. The van der Waals surface area contributed by atoms with E-state index in [2.05, 4.69) is 50.3 Å². The van der Waals surface area contributed by atoms with Crippen LogP contribution in [0.4, 0.5) is 0 Å². The van der Waals surface area contributed by atoms with Gasteiger partial charge in [0.2, 0.25) is 0 Å². The van der Waals surface area contributed by atoms with Gasteiger partial charge in [-0.1, -0.05) is 115 Å². The van der Waals surface area contributed by atoms with E-state index in [0.29, 0.717) is 6.42 Å². The van der Waals surface area contributed by atoms with Crippen LogP contribution in [-0.4, -0.2) is 89.0 Å². The molecule has 0 spiro atoms. The number of allylic oxidation sites excluding steroid dienone is 6. The number of carbonyl (C=O) groups excluding carboxylic acids is 2. The van der Waals surface area contributed by atoms with Crippen molar-refractivity contribution in [3.05, 3.63) is 36.5 Å². The van der Waals surface area contributed by atoms with Crippen LogP contribution in [0.3, 0.4) is 0 Å². The summed E-state index contributed by atoms with van der Waals surface area (Å²) in [7, 11) is 0. The van der Waals surface area contributed by atoms with Crippen LogP contribution in [0.5, 0.6) is 0 Å². The van der Waals surface area contributed by atoms with Crippen LogP contribution in [-0.2, 0) is 28.5 Å². The van der Waals surface area contributed by atoms with E-state index >= 15 is 0 Å². The predicted octanol–water partition coefficient (Wildman–Crippen LogP) is 6.38. The van der Waals surface area contributed by atoms with Gasteiger partial charge in [-0.25, -0.2) is 0 Å². The van der Waals surface area contributed by atoms with Crippen LogP contribution >= 0.6 is 0 Å². The predicted molar refractivity (Wildman–Crippen MR) is 187 cm³/mol. The molecular formula is C38H66O10. The molecule has 1 heterocycles. The van der Waals surface area contributed by atoms with Crippen molar-refractivity contribution in [2.75, 3.05) is 19.8 Å². The first-order valence-corrected chi connectivity index (χ1v) is 18.6. The van der Waals surface area contributed by atoms with Crippen LogP contribution in [0.25, 0.3) is 0 Å². The molecular weight excluding hydrogens is 616 g/mol. The number of esters is 2. The molecule has 0 saturated carbocycles. The van der Waals surface area contributed by atoms with E-state index < -0.39 is 49.4 Å². The number of unbranched alkanes of at least 4 members (excludes halogenated alkanes) is 12. The van der Waals surface area contributed by atoms with Gasteiger partial charge in [0.05, 0.1) is 13.2 Å². The average Bonchev–Trinajstić information content (AvgIpc) is 3.08. The Hall–Kier alpha value is -2.08. The third-order valence-electron chi connectivity index (χ3n) is 8.29. The van der Waals surface area contributed by atoms with Crippen molar-refractivity contribution in [1.29, 1.82) is 0 Å². The fraction of sp³-hybridized carbons (Fsp3) is 0.789. The minimum absolute atomic E-state index is 0.211. The van der Waals surface area contributed by atoms with E-state index in [1.165, 1.54) is 25.7 Å². The van der Waals surface area contributed by atoms with Crippen molar-refractivity contribution < 1.29 is 49.0 Å². The Morgan fingerprint density at radius 1 is 0.667 bits per heavy atom. The number of aliphatic hydroxyl groups is 4. The summed E-state index contributed by atoms with van der Waals surface area (Å²) in [5.74, 6) is -0.835. The van der Waals surface area contributed by atoms with Gasteiger partial charge in [-0.15, -0.1) is 0 Å². The van der Waals surface area contributed by atoms with Gasteiger partial charge in [-0.2, -0.15) is 0 Å². The maximum Gasteiger partial charge on any atom is 0.306 e. The molecule has 0 bridgehead atoms. The molecule has 1 aliphatic heterocycles. The monoisotopic (exact) mass is 682 g/mol. The molecule has 10 nitrogen and oxygen atoms in total. The maximum absolute atomic E-state index is 12.7. The fourth-order valence-electron chi connectivity index (χ4n) is 5.32. The smallest absolute Gasteiger partial charge is 0.306 e. The van der Waals surface area contributed by atoms with Crippen molar-refractivity contribution in [3.8, 4) is 0 Å². The van der Waals surface area contributed by atoms with Gasteiger partial charge in [-0.3, -0.25) is 9.59 Å². The third kappa shape index (κ3) is 21.8. The second-order valence-corrected chi connectivity index (χ2v) is 12.7. The highest BCUT2D eigenvalue weighted by molar-refractivity contribution is 5.70. The summed E-state index contributed by atoms with van der Waals surface area (Å²) in [6.45, 7) is 3.23. The van der Waals surface area contributed by atoms with Crippen LogP contribution in [0.2, 0.25) is 0 Å². The van der Waals surface area contributed by atoms with Crippen LogP contribution in [0.15, 0.2) is 36.5 Å². The first-order valence-electron chi connectivity index (χ1n) is 18.6. The highest BCUT2D eigenvalue weighted by Gasteiger charge is 2.44. The van der Waals surface area contributed by atoms with Crippen molar-refractivity contribution in [2.45, 2.75) is 173 Å². The van der Waals surface area contributed by atoms with Crippen molar-refractivity contribution in [3.63, 3.8) is 0 Å². The molecule has 6 atom stereocenters. The highest BCUT2D eigenvalue weighted by atomic mass is 16.7. The quantitative estimate of drug-likeness (QED) is 0.0397. The summed E-state index contributed by atoms with van der Waals surface area (Å²) in [5, 5.41) is 39.8. The summed E-state index contributed by atoms with van der Waals surface area (Å²) in [6, 6.07) is 0. The fourth-order valence-corrected chi connectivity index (χ4v) is 5.32. The van der Waals surface area contributed by atoms with Crippen molar-refractivity contribution in [1.82, 2.24) is 0 Å². The first kappa shape index (κ1) is 43.9. The largest absolute Gasteiger partial charge is 0.462 e. The van der Waals surface area contributed by atoms with Gasteiger partial charge in [-0.05, 0) is 44.9 Å².